The predicted molar refractivity (Wildman–Crippen MR) is 82.3 cm³/mol. The molecule has 1 fully saturated rings. The van der Waals surface area contributed by atoms with Crippen LogP contribution in [0.5, 0.6) is 5.75 Å². The predicted octanol–water partition coefficient (Wildman–Crippen LogP) is 3.55. The monoisotopic (exact) mass is 302 g/mol. The Morgan fingerprint density at radius 1 is 1.10 bits per heavy atom. The fraction of sp³-hybridized carbons (Fsp3) is 0.294. The molecule has 2 aromatic rings. The van der Waals surface area contributed by atoms with Crippen molar-refractivity contribution in [3.05, 3.63) is 59.7 Å². The topological polar surface area (TPSA) is 43.4 Å². The summed E-state index contributed by atoms with van der Waals surface area (Å²) < 4.78 is 30.2. The molecule has 0 saturated heterocycles. The van der Waals surface area contributed by atoms with E-state index in [2.05, 4.69) is 0 Å². The van der Waals surface area contributed by atoms with Crippen LogP contribution in [0.15, 0.2) is 53.4 Å². The second-order valence-electron chi connectivity index (χ2n) is 5.42. The summed E-state index contributed by atoms with van der Waals surface area (Å²) in [5.41, 5.74) is 1.96. The van der Waals surface area contributed by atoms with Gasteiger partial charge >= 0.3 is 0 Å². The second kappa shape index (κ2) is 5.53. The lowest BCUT2D eigenvalue weighted by Crippen LogP contribution is -2.05. The van der Waals surface area contributed by atoms with E-state index in [1.807, 2.05) is 24.3 Å². The second-order valence-corrected chi connectivity index (χ2v) is 7.41. The van der Waals surface area contributed by atoms with Crippen LogP contribution in [-0.4, -0.2) is 15.5 Å². The van der Waals surface area contributed by atoms with Crippen LogP contribution in [0, 0.1) is 0 Å². The van der Waals surface area contributed by atoms with Crippen LogP contribution < -0.4 is 4.74 Å². The summed E-state index contributed by atoms with van der Waals surface area (Å²) in [5, 5.41) is 0. The molecule has 0 N–H and O–H groups in total. The number of methoxy groups -OCH3 is 1. The van der Waals surface area contributed by atoms with Gasteiger partial charge in [-0.1, -0.05) is 30.3 Å². The quantitative estimate of drug-likeness (QED) is 0.848. The summed E-state index contributed by atoms with van der Waals surface area (Å²) in [4.78, 5) is 0.357. The van der Waals surface area contributed by atoms with Crippen molar-refractivity contribution in [2.24, 2.45) is 0 Å². The Morgan fingerprint density at radius 2 is 1.81 bits per heavy atom. The van der Waals surface area contributed by atoms with E-state index in [4.69, 9.17) is 4.74 Å². The molecule has 2 aromatic carbocycles. The number of ether oxygens (including phenoxy) is 1. The molecule has 0 heterocycles. The van der Waals surface area contributed by atoms with E-state index in [-0.39, 0.29) is 5.75 Å². The van der Waals surface area contributed by atoms with E-state index in [9.17, 15) is 8.42 Å². The van der Waals surface area contributed by atoms with Gasteiger partial charge in [-0.15, -0.1) is 0 Å². The molecule has 110 valence electrons. The van der Waals surface area contributed by atoms with E-state index in [1.165, 1.54) is 18.4 Å². The maximum Gasteiger partial charge on any atom is 0.182 e. The normalized spacial score (nSPS) is 14.9. The van der Waals surface area contributed by atoms with Gasteiger partial charge in [-0.2, -0.15) is 0 Å². The molecule has 0 aromatic heterocycles. The number of rotatable bonds is 5. The van der Waals surface area contributed by atoms with Crippen LogP contribution in [0.2, 0.25) is 0 Å². The van der Waals surface area contributed by atoms with Crippen molar-refractivity contribution < 1.29 is 13.2 Å². The van der Waals surface area contributed by atoms with Gasteiger partial charge in [0.1, 0.15) is 5.75 Å². The standard InChI is InChI=1S/C17H18O3S/c1-20-17-11-13(7-10-16(17)14-8-9-14)12-21(18,19)15-5-3-2-4-6-15/h2-7,10-11,14H,8-9,12H2,1H3. The van der Waals surface area contributed by atoms with Crippen LogP contribution >= 0.6 is 0 Å². The Bertz CT molecular complexity index is 732. The molecule has 0 aliphatic heterocycles. The minimum Gasteiger partial charge on any atom is -0.496 e. The van der Waals surface area contributed by atoms with Crippen molar-refractivity contribution >= 4 is 9.84 Å². The van der Waals surface area contributed by atoms with Gasteiger partial charge in [0, 0.05) is 0 Å². The molecule has 0 spiro atoms. The van der Waals surface area contributed by atoms with Crippen molar-refractivity contribution in [2.45, 2.75) is 29.4 Å². The largest absolute Gasteiger partial charge is 0.496 e. The average molecular weight is 302 g/mol. The van der Waals surface area contributed by atoms with E-state index in [0.29, 0.717) is 10.8 Å². The zero-order valence-corrected chi connectivity index (χ0v) is 12.8. The SMILES string of the molecule is COc1cc(CS(=O)(=O)c2ccccc2)ccc1C1CC1. The molecule has 3 nitrogen and oxygen atoms in total. The lowest BCUT2D eigenvalue weighted by Gasteiger charge is -2.10. The maximum atomic E-state index is 12.4. The van der Waals surface area contributed by atoms with Crippen LogP contribution in [0.1, 0.15) is 29.9 Å². The highest BCUT2D eigenvalue weighted by atomic mass is 32.2. The van der Waals surface area contributed by atoms with Gasteiger partial charge in [0.2, 0.25) is 0 Å². The molecule has 1 saturated carbocycles. The van der Waals surface area contributed by atoms with Crippen LogP contribution in [0.3, 0.4) is 0 Å². The third-order valence-electron chi connectivity index (χ3n) is 3.77. The fourth-order valence-corrected chi connectivity index (χ4v) is 3.86. The molecular formula is C17H18O3S. The zero-order valence-electron chi connectivity index (χ0n) is 12.0. The van der Waals surface area contributed by atoms with E-state index < -0.39 is 9.84 Å². The van der Waals surface area contributed by atoms with Gasteiger partial charge in [-0.05, 0) is 48.1 Å². The fourth-order valence-electron chi connectivity index (χ4n) is 2.51. The Labute approximate surface area is 125 Å². The highest BCUT2D eigenvalue weighted by molar-refractivity contribution is 7.90. The van der Waals surface area contributed by atoms with Crippen molar-refractivity contribution in [1.29, 1.82) is 0 Å². The first kappa shape index (κ1) is 14.1. The van der Waals surface area contributed by atoms with Gasteiger partial charge in [0.05, 0.1) is 17.8 Å². The molecule has 0 bridgehead atoms. The van der Waals surface area contributed by atoms with Crippen molar-refractivity contribution in [3.63, 3.8) is 0 Å². The van der Waals surface area contributed by atoms with Crippen LogP contribution in [-0.2, 0) is 15.6 Å². The average Bonchev–Trinajstić information content (AvgIpc) is 3.32. The highest BCUT2D eigenvalue weighted by Crippen LogP contribution is 2.44. The van der Waals surface area contributed by atoms with Crippen molar-refractivity contribution in [3.8, 4) is 5.75 Å². The lowest BCUT2D eigenvalue weighted by atomic mass is 10.1. The molecule has 3 rings (SSSR count). The Balaban J connectivity index is 1.88. The van der Waals surface area contributed by atoms with Crippen LogP contribution in [0.25, 0.3) is 0 Å². The first-order valence-electron chi connectivity index (χ1n) is 7.05. The summed E-state index contributed by atoms with van der Waals surface area (Å²) in [6.07, 6.45) is 2.38. The number of hydrogen-bond donors (Lipinski definition) is 0. The van der Waals surface area contributed by atoms with Crippen molar-refractivity contribution in [1.82, 2.24) is 0 Å². The number of hydrogen-bond acceptors (Lipinski definition) is 3. The van der Waals surface area contributed by atoms with E-state index in [0.717, 1.165) is 11.3 Å². The molecule has 1 aliphatic rings. The summed E-state index contributed by atoms with van der Waals surface area (Å²) >= 11 is 0. The minimum absolute atomic E-state index is 0.00167. The Morgan fingerprint density at radius 3 is 2.43 bits per heavy atom. The van der Waals surface area contributed by atoms with Crippen molar-refractivity contribution in [2.75, 3.05) is 7.11 Å². The molecule has 4 heteroatoms. The van der Waals surface area contributed by atoms with Gasteiger partial charge in [0.25, 0.3) is 0 Å². The summed E-state index contributed by atoms with van der Waals surface area (Å²) in [7, 11) is -1.68. The number of benzene rings is 2. The van der Waals surface area contributed by atoms with E-state index in [1.54, 1.807) is 31.4 Å². The molecular weight excluding hydrogens is 284 g/mol. The molecule has 1 aliphatic carbocycles. The molecule has 0 amide bonds. The Kier molecular flexibility index (Phi) is 3.72. The molecule has 21 heavy (non-hydrogen) atoms. The molecule has 0 radical (unpaired) electrons. The third-order valence-corrected chi connectivity index (χ3v) is 5.48. The summed E-state index contributed by atoms with van der Waals surface area (Å²) in [6.45, 7) is 0. The number of sulfone groups is 1. The van der Waals surface area contributed by atoms with Gasteiger partial charge in [0.15, 0.2) is 9.84 Å². The third kappa shape index (κ3) is 3.10. The van der Waals surface area contributed by atoms with Gasteiger partial charge < -0.3 is 4.74 Å². The minimum atomic E-state index is -3.31. The molecule has 0 atom stereocenters. The van der Waals surface area contributed by atoms with Gasteiger partial charge in [-0.25, -0.2) is 8.42 Å². The highest BCUT2D eigenvalue weighted by Gasteiger charge is 2.27. The summed E-state index contributed by atoms with van der Waals surface area (Å²) in [6, 6.07) is 14.3. The lowest BCUT2D eigenvalue weighted by molar-refractivity contribution is 0.409. The van der Waals surface area contributed by atoms with E-state index >= 15 is 0 Å². The first-order valence-corrected chi connectivity index (χ1v) is 8.70. The summed E-state index contributed by atoms with van der Waals surface area (Å²) in [5.74, 6) is 1.39. The first-order chi connectivity index (χ1) is 10.1. The smallest absolute Gasteiger partial charge is 0.182 e. The Hall–Kier alpha value is -1.81. The molecule has 0 unspecified atom stereocenters. The van der Waals surface area contributed by atoms with Crippen LogP contribution in [0.4, 0.5) is 0 Å². The maximum absolute atomic E-state index is 12.4. The van der Waals surface area contributed by atoms with Gasteiger partial charge in [-0.3, -0.25) is 0 Å². The zero-order chi connectivity index (χ0) is 14.9.